The molecule has 1 aliphatic rings. The Balaban J connectivity index is 2.15. The molecule has 1 amide bonds. The first-order valence-electron chi connectivity index (χ1n) is 5.29. The summed E-state index contributed by atoms with van der Waals surface area (Å²) < 4.78 is 5.38. The van der Waals surface area contributed by atoms with Gasteiger partial charge in [-0.15, -0.1) is 0 Å². The zero-order chi connectivity index (χ0) is 11.5. The lowest BCUT2D eigenvalue weighted by Gasteiger charge is -2.17. The molecule has 0 unspecified atom stereocenters. The first kappa shape index (κ1) is 10.7. The number of ketones is 1. The molecule has 0 aromatic carbocycles. The van der Waals surface area contributed by atoms with E-state index in [1.165, 1.54) is 6.92 Å². The van der Waals surface area contributed by atoms with Gasteiger partial charge in [-0.3, -0.25) is 9.59 Å². The number of amides is 1. The lowest BCUT2D eigenvalue weighted by atomic mass is 10.3. The molecule has 2 heterocycles. The first-order chi connectivity index (χ1) is 7.66. The Morgan fingerprint density at radius 1 is 1.50 bits per heavy atom. The zero-order valence-corrected chi connectivity index (χ0v) is 9.16. The van der Waals surface area contributed by atoms with Gasteiger partial charge < -0.3 is 14.6 Å². The Bertz CT molecular complexity index is 411. The summed E-state index contributed by atoms with van der Waals surface area (Å²) in [5.74, 6) is 0.797. The minimum Gasteiger partial charge on any atom is -0.437 e. The highest BCUT2D eigenvalue weighted by Crippen LogP contribution is 2.19. The first-order valence-corrected chi connectivity index (χ1v) is 5.29. The highest BCUT2D eigenvalue weighted by Gasteiger charge is 2.18. The van der Waals surface area contributed by atoms with E-state index in [2.05, 4.69) is 5.32 Å². The molecule has 1 N–H and O–H groups in total. The normalized spacial score (nSPS) is 16.8. The van der Waals surface area contributed by atoms with Crippen LogP contribution < -0.4 is 10.2 Å². The van der Waals surface area contributed by atoms with Crippen LogP contribution in [0.5, 0.6) is 0 Å². The van der Waals surface area contributed by atoms with Crippen molar-refractivity contribution in [2.45, 2.75) is 13.3 Å². The van der Waals surface area contributed by atoms with E-state index >= 15 is 0 Å². The summed E-state index contributed by atoms with van der Waals surface area (Å²) in [7, 11) is 0. The molecule has 0 saturated carbocycles. The van der Waals surface area contributed by atoms with Crippen molar-refractivity contribution in [1.82, 2.24) is 5.32 Å². The summed E-state index contributed by atoms with van der Waals surface area (Å²) in [6, 6.07) is 3.37. The lowest BCUT2D eigenvalue weighted by molar-refractivity contribution is -0.119. The second-order valence-corrected chi connectivity index (χ2v) is 3.82. The monoisotopic (exact) mass is 222 g/mol. The van der Waals surface area contributed by atoms with E-state index in [0.717, 1.165) is 13.0 Å². The smallest absolute Gasteiger partial charge is 0.239 e. The van der Waals surface area contributed by atoms with Crippen molar-refractivity contribution in [3.8, 4) is 0 Å². The Hall–Kier alpha value is -1.78. The van der Waals surface area contributed by atoms with E-state index in [4.69, 9.17) is 4.42 Å². The van der Waals surface area contributed by atoms with Crippen LogP contribution in [0.4, 0.5) is 5.88 Å². The van der Waals surface area contributed by atoms with Crippen LogP contribution in [-0.2, 0) is 4.79 Å². The molecule has 1 aliphatic heterocycles. The fourth-order valence-corrected chi connectivity index (χ4v) is 1.68. The number of furan rings is 1. The van der Waals surface area contributed by atoms with Crippen LogP contribution in [0.15, 0.2) is 16.5 Å². The number of carbonyl (C=O) groups excluding carboxylic acids is 2. The average molecular weight is 222 g/mol. The molecule has 1 aromatic rings. The number of nitrogens with zero attached hydrogens (tertiary/aromatic N) is 1. The third-order valence-corrected chi connectivity index (χ3v) is 2.51. The van der Waals surface area contributed by atoms with Crippen molar-refractivity contribution in [3.05, 3.63) is 17.9 Å². The minimum absolute atomic E-state index is 0.0155. The molecule has 0 atom stereocenters. The van der Waals surface area contributed by atoms with Crippen LogP contribution in [0, 0.1) is 0 Å². The number of nitrogens with one attached hydrogen (secondary N) is 1. The quantitative estimate of drug-likeness (QED) is 0.752. The molecule has 5 heteroatoms. The maximum absolute atomic E-state index is 11.3. The Morgan fingerprint density at radius 2 is 2.31 bits per heavy atom. The Morgan fingerprint density at radius 3 is 3.00 bits per heavy atom. The zero-order valence-electron chi connectivity index (χ0n) is 9.16. The van der Waals surface area contributed by atoms with Gasteiger partial charge in [-0.25, -0.2) is 0 Å². The van der Waals surface area contributed by atoms with E-state index in [1.807, 2.05) is 4.90 Å². The van der Waals surface area contributed by atoms with E-state index in [1.54, 1.807) is 12.1 Å². The van der Waals surface area contributed by atoms with E-state index in [9.17, 15) is 9.59 Å². The Labute approximate surface area is 93.4 Å². The molecule has 0 spiro atoms. The van der Waals surface area contributed by atoms with Crippen molar-refractivity contribution in [2.24, 2.45) is 0 Å². The minimum atomic E-state index is -0.106. The van der Waals surface area contributed by atoms with Gasteiger partial charge in [0.05, 0.1) is 6.54 Å². The summed E-state index contributed by atoms with van der Waals surface area (Å²) in [4.78, 5) is 24.3. The number of carbonyl (C=O) groups is 2. The van der Waals surface area contributed by atoms with Gasteiger partial charge in [0.25, 0.3) is 0 Å². The van der Waals surface area contributed by atoms with Crippen molar-refractivity contribution in [2.75, 3.05) is 24.5 Å². The molecule has 0 bridgehead atoms. The average Bonchev–Trinajstić information content (AvgIpc) is 2.63. The summed E-state index contributed by atoms with van der Waals surface area (Å²) in [6.07, 6.45) is 0.877. The van der Waals surface area contributed by atoms with Crippen molar-refractivity contribution >= 4 is 17.6 Å². The topological polar surface area (TPSA) is 62.6 Å². The number of hydrogen-bond donors (Lipinski definition) is 1. The highest BCUT2D eigenvalue weighted by atomic mass is 16.4. The summed E-state index contributed by atoms with van der Waals surface area (Å²) in [5.41, 5.74) is 0. The predicted octanol–water partition coefficient (Wildman–Crippen LogP) is 0.808. The lowest BCUT2D eigenvalue weighted by Crippen LogP contribution is -2.32. The van der Waals surface area contributed by atoms with Crippen LogP contribution in [-0.4, -0.2) is 31.3 Å². The number of anilines is 1. The SMILES string of the molecule is CC(=O)c1ccc(N2CCCNC(=O)C2)o1. The van der Waals surface area contributed by atoms with Crippen LogP contribution in [0.1, 0.15) is 23.9 Å². The number of hydrogen-bond acceptors (Lipinski definition) is 4. The molecular formula is C11H14N2O3. The number of rotatable bonds is 2. The summed E-state index contributed by atoms with van der Waals surface area (Å²) >= 11 is 0. The van der Waals surface area contributed by atoms with Crippen LogP contribution >= 0.6 is 0 Å². The molecule has 5 nitrogen and oxygen atoms in total. The molecular weight excluding hydrogens is 208 g/mol. The summed E-state index contributed by atoms with van der Waals surface area (Å²) in [5, 5.41) is 2.78. The van der Waals surface area contributed by atoms with E-state index in [-0.39, 0.29) is 18.2 Å². The summed E-state index contributed by atoms with van der Waals surface area (Å²) in [6.45, 7) is 3.18. The van der Waals surface area contributed by atoms with Gasteiger partial charge in [-0.05, 0) is 12.5 Å². The fourth-order valence-electron chi connectivity index (χ4n) is 1.68. The second kappa shape index (κ2) is 4.38. The van der Waals surface area contributed by atoms with Crippen molar-refractivity contribution < 1.29 is 14.0 Å². The predicted molar refractivity (Wildman–Crippen MR) is 58.6 cm³/mol. The third kappa shape index (κ3) is 2.24. The largest absolute Gasteiger partial charge is 0.437 e. The van der Waals surface area contributed by atoms with Gasteiger partial charge in [-0.1, -0.05) is 0 Å². The maximum Gasteiger partial charge on any atom is 0.239 e. The van der Waals surface area contributed by atoms with Gasteiger partial charge in [0, 0.05) is 26.1 Å². The Kier molecular flexibility index (Phi) is 2.94. The molecule has 2 rings (SSSR count). The molecule has 1 aromatic heterocycles. The standard InChI is InChI=1S/C11H14N2O3/c1-8(14)9-3-4-11(16-9)13-6-2-5-12-10(15)7-13/h3-4H,2,5-7H2,1H3,(H,12,15). The van der Waals surface area contributed by atoms with Gasteiger partial charge in [-0.2, -0.15) is 0 Å². The molecule has 0 aliphatic carbocycles. The fraction of sp³-hybridized carbons (Fsp3) is 0.455. The maximum atomic E-state index is 11.3. The van der Waals surface area contributed by atoms with Gasteiger partial charge in [0.2, 0.25) is 5.91 Å². The third-order valence-electron chi connectivity index (χ3n) is 2.51. The van der Waals surface area contributed by atoms with Gasteiger partial charge >= 0.3 is 0 Å². The van der Waals surface area contributed by atoms with Gasteiger partial charge in [0.1, 0.15) is 0 Å². The molecule has 86 valence electrons. The van der Waals surface area contributed by atoms with E-state index in [0.29, 0.717) is 18.2 Å². The van der Waals surface area contributed by atoms with Crippen molar-refractivity contribution in [1.29, 1.82) is 0 Å². The molecule has 1 saturated heterocycles. The van der Waals surface area contributed by atoms with Crippen LogP contribution in [0.3, 0.4) is 0 Å². The van der Waals surface area contributed by atoms with Gasteiger partial charge in [0.15, 0.2) is 17.4 Å². The van der Waals surface area contributed by atoms with Crippen molar-refractivity contribution in [3.63, 3.8) is 0 Å². The molecule has 0 radical (unpaired) electrons. The molecule has 16 heavy (non-hydrogen) atoms. The van der Waals surface area contributed by atoms with E-state index < -0.39 is 0 Å². The highest BCUT2D eigenvalue weighted by molar-refractivity contribution is 5.91. The van der Waals surface area contributed by atoms with Crippen LogP contribution in [0.25, 0.3) is 0 Å². The van der Waals surface area contributed by atoms with Crippen LogP contribution in [0.2, 0.25) is 0 Å². The number of Topliss-reactive ketones (excluding diaryl/α,β-unsaturated/α-hetero) is 1. The second-order valence-electron chi connectivity index (χ2n) is 3.82. The molecule has 1 fully saturated rings.